The zero-order valence-corrected chi connectivity index (χ0v) is 15.7. The highest BCUT2D eigenvalue weighted by molar-refractivity contribution is 6.01. The average Bonchev–Trinajstić information content (AvgIpc) is 2.99. The average molecular weight is 373 g/mol. The van der Waals surface area contributed by atoms with Crippen molar-refractivity contribution in [1.82, 2.24) is 9.78 Å². The fourth-order valence-electron chi connectivity index (χ4n) is 3.43. The molecule has 0 saturated heterocycles. The van der Waals surface area contributed by atoms with Crippen LogP contribution < -0.4 is 5.32 Å². The fraction of sp³-hybridized carbons (Fsp3) is 0.429. The Labute approximate surface area is 157 Å². The molecule has 1 N–H and O–H groups in total. The molecule has 0 atom stereocenters. The van der Waals surface area contributed by atoms with Crippen molar-refractivity contribution >= 4 is 28.6 Å². The van der Waals surface area contributed by atoms with Gasteiger partial charge in [-0.1, -0.05) is 12.7 Å². The van der Waals surface area contributed by atoms with E-state index >= 15 is 0 Å². The molecule has 27 heavy (non-hydrogen) atoms. The first-order valence-corrected chi connectivity index (χ1v) is 9.31. The lowest BCUT2D eigenvalue weighted by Gasteiger charge is -2.26. The van der Waals surface area contributed by atoms with Crippen LogP contribution in [-0.4, -0.2) is 21.6 Å². The Hall–Kier alpha value is -2.50. The van der Waals surface area contributed by atoms with Crippen LogP contribution in [0.2, 0.25) is 0 Å². The maximum absolute atomic E-state index is 13.3. The molecule has 2 aromatic rings. The van der Waals surface area contributed by atoms with Crippen molar-refractivity contribution in [2.45, 2.75) is 51.5 Å². The minimum absolute atomic E-state index is 0.0546. The van der Waals surface area contributed by atoms with E-state index in [0.29, 0.717) is 18.5 Å². The van der Waals surface area contributed by atoms with Gasteiger partial charge in [0.15, 0.2) is 0 Å². The van der Waals surface area contributed by atoms with Crippen LogP contribution >= 0.6 is 0 Å². The molecule has 1 saturated carbocycles. The molecule has 0 spiro atoms. The molecule has 0 unspecified atom stereocenters. The van der Waals surface area contributed by atoms with Crippen LogP contribution in [0.3, 0.4) is 0 Å². The van der Waals surface area contributed by atoms with Crippen molar-refractivity contribution in [1.29, 1.82) is 0 Å². The number of carbonyl (C=O) groups is 1. The number of benzene rings is 1. The van der Waals surface area contributed by atoms with Crippen molar-refractivity contribution in [3.8, 4) is 0 Å². The van der Waals surface area contributed by atoms with Crippen LogP contribution in [0.4, 0.5) is 14.5 Å². The Balaban J connectivity index is 1.90. The number of aromatic nitrogens is 2. The summed E-state index contributed by atoms with van der Waals surface area (Å²) in [6.45, 7) is 7.57. The number of hydrogen-bond acceptors (Lipinski definition) is 2. The van der Waals surface area contributed by atoms with Gasteiger partial charge in [0.2, 0.25) is 11.8 Å². The van der Waals surface area contributed by atoms with E-state index in [4.69, 9.17) is 5.10 Å². The molecule has 6 heteroatoms. The number of rotatable bonds is 5. The number of anilines is 1. The fourth-order valence-corrected chi connectivity index (χ4v) is 3.43. The minimum atomic E-state index is -2.52. The topological polar surface area (TPSA) is 46.9 Å². The Morgan fingerprint density at radius 3 is 2.70 bits per heavy atom. The molecular weight excluding hydrogens is 348 g/mol. The number of carbonyl (C=O) groups excluding carboxylic acids is 1. The molecule has 1 aromatic heterocycles. The van der Waals surface area contributed by atoms with Crippen molar-refractivity contribution in [3.63, 3.8) is 0 Å². The summed E-state index contributed by atoms with van der Waals surface area (Å²) in [6, 6.07) is 5.83. The first-order valence-electron chi connectivity index (χ1n) is 9.31. The van der Waals surface area contributed by atoms with Crippen LogP contribution in [-0.2, 0) is 4.79 Å². The van der Waals surface area contributed by atoms with Gasteiger partial charge in [-0.2, -0.15) is 5.10 Å². The van der Waals surface area contributed by atoms with E-state index < -0.39 is 5.92 Å². The number of amides is 1. The summed E-state index contributed by atoms with van der Waals surface area (Å²) in [4.78, 5) is 11.6. The summed E-state index contributed by atoms with van der Waals surface area (Å²) >= 11 is 0. The largest absolute Gasteiger partial charge is 0.323 e. The highest BCUT2D eigenvalue weighted by Crippen LogP contribution is 2.37. The second kappa shape index (κ2) is 7.62. The molecule has 0 aliphatic heterocycles. The maximum atomic E-state index is 13.3. The van der Waals surface area contributed by atoms with Gasteiger partial charge in [-0.25, -0.2) is 8.78 Å². The molecular formula is C21H25F2N3O. The molecule has 1 heterocycles. The van der Waals surface area contributed by atoms with E-state index in [2.05, 4.69) is 25.7 Å². The summed E-state index contributed by atoms with van der Waals surface area (Å²) in [5, 5.41) is 8.37. The first-order chi connectivity index (χ1) is 12.8. The quantitative estimate of drug-likeness (QED) is 0.696. The highest BCUT2D eigenvalue weighted by Gasteiger charge is 2.33. The van der Waals surface area contributed by atoms with E-state index in [-0.39, 0.29) is 30.7 Å². The second-order valence-electron chi connectivity index (χ2n) is 7.40. The number of nitrogens with zero attached hydrogens (tertiary/aromatic N) is 2. The lowest BCUT2D eigenvalue weighted by Crippen LogP contribution is -2.23. The molecule has 1 amide bonds. The van der Waals surface area contributed by atoms with Gasteiger partial charge in [-0.15, -0.1) is 0 Å². The van der Waals surface area contributed by atoms with E-state index in [9.17, 15) is 13.6 Å². The minimum Gasteiger partial charge on any atom is -0.323 e. The van der Waals surface area contributed by atoms with Gasteiger partial charge in [0.25, 0.3) is 0 Å². The zero-order chi connectivity index (χ0) is 19.6. The summed E-state index contributed by atoms with van der Waals surface area (Å²) < 4.78 is 28.6. The Morgan fingerprint density at radius 2 is 2.07 bits per heavy atom. The molecule has 4 nitrogen and oxygen atoms in total. The van der Waals surface area contributed by atoms with Crippen molar-refractivity contribution in [2.24, 2.45) is 5.92 Å². The van der Waals surface area contributed by atoms with Gasteiger partial charge >= 0.3 is 0 Å². The number of nitrogens with one attached hydrogen (secondary N) is 1. The number of fused-ring (bicyclic) bond motifs is 1. The lowest BCUT2D eigenvalue weighted by atomic mass is 9.86. The Kier molecular flexibility index (Phi) is 5.44. The molecule has 0 radical (unpaired) electrons. The van der Waals surface area contributed by atoms with Gasteiger partial charge in [-0.05, 0) is 63.0 Å². The number of halogens is 2. The van der Waals surface area contributed by atoms with Crippen molar-refractivity contribution in [3.05, 3.63) is 42.6 Å². The summed E-state index contributed by atoms with van der Waals surface area (Å²) in [6.07, 6.45) is 6.02. The molecule has 1 aliphatic carbocycles. The summed E-state index contributed by atoms with van der Waals surface area (Å²) in [5.41, 5.74) is 2.42. The zero-order valence-electron chi connectivity index (χ0n) is 15.7. The molecule has 1 aliphatic rings. The molecule has 1 aromatic carbocycles. The first kappa shape index (κ1) is 19.3. The van der Waals surface area contributed by atoms with E-state index in [1.807, 2.05) is 35.0 Å². The maximum Gasteiger partial charge on any atom is 0.248 e. The van der Waals surface area contributed by atoms with Crippen LogP contribution in [0.15, 0.2) is 36.9 Å². The van der Waals surface area contributed by atoms with Gasteiger partial charge in [-0.3, -0.25) is 9.48 Å². The van der Waals surface area contributed by atoms with E-state index in [0.717, 1.165) is 16.6 Å². The Morgan fingerprint density at radius 1 is 1.37 bits per heavy atom. The third kappa shape index (κ3) is 4.43. The monoisotopic (exact) mass is 373 g/mol. The van der Waals surface area contributed by atoms with Gasteiger partial charge in [0.1, 0.15) is 0 Å². The number of hydrogen-bond donors (Lipinski definition) is 1. The molecule has 3 rings (SSSR count). The third-order valence-electron chi connectivity index (χ3n) is 4.96. The predicted molar refractivity (Wildman–Crippen MR) is 105 cm³/mol. The standard InChI is InChI=1S/C21H25F2N3O/c1-4-20(27)24-16-6-8-19-17(13-16)18(25-26(19)14(2)3)7-5-15-9-11-21(22,23)12-10-15/h4-8,13-15H,1,9-12H2,2-3H3,(H,24,27). The summed E-state index contributed by atoms with van der Waals surface area (Å²) in [5.74, 6) is -2.65. The lowest BCUT2D eigenvalue weighted by molar-refractivity contribution is -0.111. The van der Waals surface area contributed by atoms with Gasteiger partial charge < -0.3 is 5.32 Å². The SMILES string of the molecule is C=CC(=O)Nc1ccc2c(c1)c(C=CC1CCC(F)(F)CC1)nn2C(C)C. The smallest absolute Gasteiger partial charge is 0.248 e. The summed E-state index contributed by atoms with van der Waals surface area (Å²) in [7, 11) is 0. The van der Waals surface area contributed by atoms with Crippen molar-refractivity contribution in [2.75, 3.05) is 5.32 Å². The van der Waals surface area contributed by atoms with E-state index in [1.54, 1.807) is 0 Å². The van der Waals surface area contributed by atoms with Crippen molar-refractivity contribution < 1.29 is 13.6 Å². The van der Waals surface area contributed by atoms with Crippen LogP contribution in [0.25, 0.3) is 17.0 Å². The van der Waals surface area contributed by atoms with Crippen LogP contribution in [0.1, 0.15) is 51.3 Å². The highest BCUT2D eigenvalue weighted by atomic mass is 19.3. The van der Waals surface area contributed by atoms with Crippen LogP contribution in [0, 0.1) is 5.92 Å². The van der Waals surface area contributed by atoms with E-state index in [1.165, 1.54) is 6.08 Å². The second-order valence-corrected chi connectivity index (χ2v) is 7.40. The number of alkyl halides is 2. The molecule has 0 bridgehead atoms. The molecule has 1 fully saturated rings. The normalized spacial score (nSPS) is 17.7. The van der Waals surface area contributed by atoms with Crippen LogP contribution in [0.5, 0.6) is 0 Å². The molecule has 144 valence electrons. The predicted octanol–water partition coefficient (Wildman–Crippen LogP) is 5.58. The number of allylic oxidation sites excluding steroid dienone is 1. The third-order valence-corrected chi connectivity index (χ3v) is 4.96. The Bertz CT molecular complexity index is 873. The van der Waals surface area contributed by atoms with Gasteiger partial charge in [0, 0.05) is 30.0 Å². The van der Waals surface area contributed by atoms with Gasteiger partial charge in [0.05, 0.1) is 11.2 Å².